The largest absolute Gasteiger partial charge is 0.491 e. The molecule has 0 radical (unpaired) electrons. The molecule has 2 aromatic rings. The maximum atomic E-state index is 10.1. The van der Waals surface area contributed by atoms with Gasteiger partial charge in [0, 0.05) is 19.0 Å². The first-order chi connectivity index (χ1) is 10.2. The van der Waals surface area contributed by atoms with E-state index in [4.69, 9.17) is 9.47 Å². The molecule has 0 spiro atoms. The summed E-state index contributed by atoms with van der Waals surface area (Å²) in [5.74, 6) is 1.57. The quantitative estimate of drug-likeness (QED) is 0.811. The van der Waals surface area contributed by atoms with Crippen molar-refractivity contribution in [2.75, 3.05) is 13.2 Å². The van der Waals surface area contributed by atoms with Crippen LogP contribution in [0.2, 0.25) is 0 Å². The van der Waals surface area contributed by atoms with Gasteiger partial charge in [0.2, 0.25) is 0 Å². The summed E-state index contributed by atoms with van der Waals surface area (Å²) in [6, 6.07) is 9.47. The van der Waals surface area contributed by atoms with Crippen molar-refractivity contribution in [2.45, 2.75) is 32.6 Å². The average Bonchev–Trinajstić information content (AvgIpc) is 2.95. The lowest BCUT2D eigenvalue weighted by molar-refractivity contribution is 0.0597. The molecule has 5 heteroatoms. The van der Waals surface area contributed by atoms with Crippen molar-refractivity contribution in [3.05, 3.63) is 48.5 Å². The molecule has 0 saturated heterocycles. The van der Waals surface area contributed by atoms with Crippen LogP contribution in [0.25, 0.3) is 0 Å². The van der Waals surface area contributed by atoms with Gasteiger partial charge in [-0.15, -0.1) is 0 Å². The Morgan fingerprint density at radius 2 is 2.05 bits per heavy atom. The van der Waals surface area contributed by atoms with Crippen LogP contribution in [0.4, 0.5) is 0 Å². The average molecular weight is 290 g/mol. The summed E-state index contributed by atoms with van der Waals surface area (Å²) in [7, 11) is 0. The molecule has 2 unspecified atom stereocenters. The maximum absolute atomic E-state index is 10.1. The lowest BCUT2D eigenvalue weighted by Crippen LogP contribution is -2.25. The number of benzene rings is 1. The molecule has 0 amide bonds. The molecule has 0 fully saturated rings. The van der Waals surface area contributed by atoms with Crippen LogP contribution in [-0.2, 0) is 11.3 Å². The number of ether oxygens (including phenoxy) is 2. The number of aliphatic hydroxyl groups excluding tert-OH is 1. The van der Waals surface area contributed by atoms with Crippen LogP contribution in [0.5, 0.6) is 5.75 Å². The third kappa shape index (κ3) is 4.58. The summed E-state index contributed by atoms with van der Waals surface area (Å²) in [6.45, 7) is 5.21. The number of aromatic nitrogens is 2. The van der Waals surface area contributed by atoms with Gasteiger partial charge in [0.05, 0.1) is 6.54 Å². The molecule has 21 heavy (non-hydrogen) atoms. The Kier molecular flexibility index (Phi) is 5.78. The van der Waals surface area contributed by atoms with E-state index in [0.29, 0.717) is 13.2 Å². The molecule has 0 aliphatic carbocycles. The van der Waals surface area contributed by atoms with Gasteiger partial charge in [-0.3, -0.25) is 0 Å². The topological polar surface area (TPSA) is 56.5 Å². The Bertz CT molecular complexity index is 527. The van der Waals surface area contributed by atoms with Crippen molar-refractivity contribution in [2.24, 2.45) is 0 Å². The number of aliphatic hydroxyl groups is 1. The minimum absolute atomic E-state index is 0.0905. The van der Waals surface area contributed by atoms with Crippen molar-refractivity contribution >= 4 is 0 Å². The summed E-state index contributed by atoms with van der Waals surface area (Å²) >= 11 is 0. The van der Waals surface area contributed by atoms with Crippen molar-refractivity contribution in [3.63, 3.8) is 0 Å². The molecule has 0 aliphatic heterocycles. The lowest BCUT2D eigenvalue weighted by atomic mass is 10.3. The van der Waals surface area contributed by atoms with Crippen LogP contribution >= 0.6 is 0 Å². The number of hydrogen-bond acceptors (Lipinski definition) is 4. The van der Waals surface area contributed by atoms with Gasteiger partial charge in [-0.05, 0) is 26.0 Å². The van der Waals surface area contributed by atoms with Crippen LogP contribution in [0.15, 0.2) is 42.7 Å². The van der Waals surface area contributed by atoms with Crippen LogP contribution in [0, 0.1) is 0 Å². The molecule has 2 rings (SSSR count). The molecule has 114 valence electrons. The molecule has 0 aliphatic rings. The molecule has 0 bridgehead atoms. The monoisotopic (exact) mass is 290 g/mol. The van der Waals surface area contributed by atoms with Crippen molar-refractivity contribution in [3.8, 4) is 5.75 Å². The highest BCUT2D eigenvalue weighted by Crippen LogP contribution is 2.15. The smallest absolute Gasteiger partial charge is 0.137 e. The van der Waals surface area contributed by atoms with Gasteiger partial charge in [-0.25, -0.2) is 4.98 Å². The minimum Gasteiger partial charge on any atom is -0.491 e. The fraction of sp³-hybridized carbons (Fsp3) is 0.438. The van der Waals surface area contributed by atoms with Crippen LogP contribution in [0.1, 0.15) is 25.8 Å². The standard InChI is InChI=1S/C16H22N2O3/c1-3-20-13(2)16-17-9-10-18(16)11-14(19)12-21-15-7-5-4-6-8-15/h4-10,13-14,19H,3,11-12H2,1-2H3. The van der Waals surface area contributed by atoms with Gasteiger partial charge >= 0.3 is 0 Å². The Morgan fingerprint density at radius 3 is 2.76 bits per heavy atom. The zero-order chi connectivity index (χ0) is 15.1. The summed E-state index contributed by atoms with van der Waals surface area (Å²) in [6.07, 6.45) is 2.87. The third-order valence-electron chi connectivity index (χ3n) is 3.12. The second-order valence-corrected chi connectivity index (χ2v) is 4.81. The highest BCUT2D eigenvalue weighted by atomic mass is 16.5. The van der Waals surface area contributed by atoms with Crippen molar-refractivity contribution < 1.29 is 14.6 Å². The van der Waals surface area contributed by atoms with E-state index < -0.39 is 6.10 Å². The van der Waals surface area contributed by atoms with E-state index in [9.17, 15) is 5.11 Å². The highest BCUT2D eigenvalue weighted by Gasteiger charge is 2.14. The molecule has 1 aromatic carbocycles. The van der Waals surface area contributed by atoms with Gasteiger partial charge in [0.15, 0.2) is 0 Å². The summed E-state index contributed by atoms with van der Waals surface area (Å²) in [4.78, 5) is 4.29. The van der Waals surface area contributed by atoms with Crippen molar-refractivity contribution in [1.82, 2.24) is 9.55 Å². The molecule has 1 heterocycles. The van der Waals surface area contributed by atoms with Crippen LogP contribution < -0.4 is 4.74 Å². The van der Waals surface area contributed by atoms with E-state index >= 15 is 0 Å². The maximum Gasteiger partial charge on any atom is 0.137 e. The third-order valence-corrected chi connectivity index (χ3v) is 3.12. The zero-order valence-electron chi connectivity index (χ0n) is 12.5. The van der Waals surface area contributed by atoms with E-state index in [-0.39, 0.29) is 12.7 Å². The molecular weight excluding hydrogens is 268 g/mol. The zero-order valence-corrected chi connectivity index (χ0v) is 12.5. The van der Waals surface area contributed by atoms with E-state index in [0.717, 1.165) is 11.6 Å². The Morgan fingerprint density at radius 1 is 1.29 bits per heavy atom. The van der Waals surface area contributed by atoms with Gasteiger partial charge in [-0.2, -0.15) is 0 Å². The predicted molar refractivity (Wildman–Crippen MR) is 80.2 cm³/mol. The number of para-hydroxylation sites is 1. The summed E-state index contributed by atoms with van der Waals surface area (Å²) < 4.78 is 13.0. The predicted octanol–water partition coefficient (Wildman–Crippen LogP) is 2.42. The van der Waals surface area contributed by atoms with Gasteiger partial charge in [0.25, 0.3) is 0 Å². The Labute approximate surface area is 125 Å². The summed E-state index contributed by atoms with van der Waals surface area (Å²) in [5, 5.41) is 10.1. The van der Waals surface area contributed by atoms with Crippen molar-refractivity contribution in [1.29, 1.82) is 0 Å². The van der Waals surface area contributed by atoms with E-state index in [2.05, 4.69) is 4.98 Å². The first kappa shape index (κ1) is 15.5. The fourth-order valence-corrected chi connectivity index (χ4v) is 2.15. The summed E-state index contributed by atoms with van der Waals surface area (Å²) in [5.41, 5.74) is 0. The second-order valence-electron chi connectivity index (χ2n) is 4.81. The Hall–Kier alpha value is -1.85. The first-order valence-corrected chi connectivity index (χ1v) is 7.19. The normalized spacial score (nSPS) is 13.9. The highest BCUT2D eigenvalue weighted by molar-refractivity contribution is 5.20. The molecule has 2 atom stereocenters. The van der Waals surface area contributed by atoms with Crippen LogP contribution in [-0.4, -0.2) is 34.0 Å². The van der Waals surface area contributed by atoms with Gasteiger partial charge in [0.1, 0.15) is 30.4 Å². The van der Waals surface area contributed by atoms with Gasteiger partial charge < -0.3 is 19.1 Å². The minimum atomic E-state index is -0.605. The lowest BCUT2D eigenvalue weighted by Gasteiger charge is -2.17. The molecular formula is C16H22N2O3. The SMILES string of the molecule is CCOC(C)c1nccn1CC(O)COc1ccccc1. The molecule has 5 nitrogen and oxygen atoms in total. The molecule has 0 saturated carbocycles. The van der Waals surface area contributed by atoms with E-state index in [1.165, 1.54) is 0 Å². The van der Waals surface area contributed by atoms with Crippen LogP contribution in [0.3, 0.4) is 0 Å². The van der Waals surface area contributed by atoms with E-state index in [1.807, 2.05) is 54.9 Å². The van der Waals surface area contributed by atoms with E-state index in [1.54, 1.807) is 6.20 Å². The number of imidazole rings is 1. The molecule has 1 aromatic heterocycles. The fourth-order valence-electron chi connectivity index (χ4n) is 2.15. The first-order valence-electron chi connectivity index (χ1n) is 7.19. The number of hydrogen-bond donors (Lipinski definition) is 1. The number of rotatable bonds is 8. The number of nitrogens with zero attached hydrogens (tertiary/aromatic N) is 2. The Balaban J connectivity index is 1.88. The molecule has 1 N–H and O–H groups in total. The van der Waals surface area contributed by atoms with Gasteiger partial charge in [-0.1, -0.05) is 18.2 Å². The second kappa shape index (κ2) is 7.81.